The molecule has 0 fully saturated rings. The lowest BCUT2D eigenvalue weighted by atomic mass is 10.3. The van der Waals surface area contributed by atoms with Crippen LogP contribution in [-0.4, -0.2) is 55.1 Å². The van der Waals surface area contributed by atoms with Gasteiger partial charge in [-0.25, -0.2) is 13.4 Å². The van der Waals surface area contributed by atoms with Crippen LogP contribution < -0.4 is 4.90 Å². The first-order valence-corrected chi connectivity index (χ1v) is 9.84. The zero-order chi connectivity index (χ0) is 19.3. The molecular formula is C13H14ClN7O3S2. The van der Waals surface area contributed by atoms with Crippen LogP contribution in [0.4, 0.5) is 5.00 Å². The lowest BCUT2D eigenvalue weighted by Crippen LogP contribution is -2.39. The van der Waals surface area contributed by atoms with E-state index < -0.39 is 28.4 Å². The molecule has 2 aromatic rings. The minimum atomic E-state index is -3.87. The average Bonchev–Trinajstić information content (AvgIpc) is 3.01. The van der Waals surface area contributed by atoms with Crippen molar-refractivity contribution in [3.05, 3.63) is 40.1 Å². The Labute approximate surface area is 158 Å². The quantitative estimate of drug-likeness (QED) is 0.389. The summed E-state index contributed by atoms with van der Waals surface area (Å²) in [6.45, 7) is -0.434. The number of carbonyl (C=O) groups is 1. The molecule has 0 aliphatic heterocycles. The summed E-state index contributed by atoms with van der Waals surface area (Å²) in [5.74, 6) is -1.27. The molecule has 2 rings (SSSR count). The van der Waals surface area contributed by atoms with Gasteiger partial charge < -0.3 is 4.90 Å². The molecule has 26 heavy (non-hydrogen) atoms. The second kappa shape index (κ2) is 8.43. The number of likely N-dealkylation sites (N-methyl/N-ethyl adjacent to an activating group) is 2. The van der Waals surface area contributed by atoms with Gasteiger partial charge in [-0.05, 0) is 17.7 Å². The number of nitrogens with zero attached hydrogens (tertiary/aromatic N) is 7. The molecule has 0 N–H and O–H groups in total. The molecule has 0 aliphatic carbocycles. The Morgan fingerprint density at radius 2 is 2.19 bits per heavy atom. The highest BCUT2D eigenvalue weighted by atomic mass is 35.5. The minimum Gasteiger partial charge on any atom is -0.303 e. The van der Waals surface area contributed by atoms with Gasteiger partial charge in [-0.2, -0.15) is 4.31 Å². The molecule has 0 atom stereocenters. The normalized spacial score (nSPS) is 11.2. The predicted octanol–water partition coefficient (Wildman–Crippen LogP) is 2.35. The van der Waals surface area contributed by atoms with E-state index in [4.69, 9.17) is 17.1 Å². The maximum atomic E-state index is 12.4. The van der Waals surface area contributed by atoms with Crippen molar-refractivity contribution >= 4 is 43.9 Å². The number of sulfonamides is 1. The number of amides is 1. The molecule has 0 aromatic carbocycles. The van der Waals surface area contributed by atoms with Crippen LogP contribution in [-0.2, 0) is 14.8 Å². The first kappa shape index (κ1) is 20.1. The third-order valence-corrected chi connectivity index (χ3v) is 6.35. The summed E-state index contributed by atoms with van der Waals surface area (Å²) in [6.07, 6.45) is 3.25. The second-order valence-corrected chi connectivity index (χ2v) is 8.42. The Balaban J connectivity index is 2.16. The van der Waals surface area contributed by atoms with Crippen LogP contribution in [0.2, 0.25) is 5.15 Å². The molecule has 0 bridgehead atoms. The standard InChI is InChI=1S/C13H14ClN7O3S2/c1-20(26(23,24)8-17-19-15)7-10(22)21(2)13-11(14)18-12(25-13)9-4-3-5-16-6-9/h3-6H,7-8H2,1-2H3. The maximum absolute atomic E-state index is 12.4. The summed E-state index contributed by atoms with van der Waals surface area (Å²) in [5, 5.41) is 4.12. The number of rotatable bonds is 7. The lowest BCUT2D eigenvalue weighted by Gasteiger charge is -2.20. The molecule has 138 valence electrons. The largest absolute Gasteiger partial charge is 0.303 e. The smallest absolute Gasteiger partial charge is 0.242 e. The summed E-state index contributed by atoms with van der Waals surface area (Å²) in [7, 11) is -1.17. The molecule has 0 aliphatic rings. The van der Waals surface area contributed by atoms with Crippen molar-refractivity contribution in [3.8, 4) is 10.6 Å². The molecule has 0 saturated heterocycles. The highest BCUT2D eigenvalue weighted by Gasteiger charge is 2.24. The van der Waals surface area contributed by atoms with E-state index in [2.05, 4.69) is 20.0 Å². The van der Waals surface area contributed by atoms with Crippen molar-refractivity contribution in [3.63, 3.8) is 0 Å². The molecule has 10 nitrogen and oxygen atoms in total. The Morgan fingerprint density at radius 3 is 2.81 bits per heavy atom. The fourth-order valence-electron chi connectivity index (χ4n) is 1.82. The van der Waals surface area contributed by atoms with Crippen LogP contribution in [0.3, 0.4) is 0 Å². The molecule has 2 heterocycles. The van der Waals surface area contributed by atoms with E-state index >= 15 is 0 Å². The van der Waals surface area contributed by atoms with E-state index in [0.29, 0.717) is 10.0 Å². The number of aromatic nitrogens is 2. The minimum absolute atomic E-state index is 0.129. The Morgan fingerprint density at radius 1 is 1.46 bits per heavy atom. The van der Waals surface area contributed by atoms with Crippen molar-refractivity contribution in [2.45, 2.75) is 0 Å². The Hall–Kier alpha value is -2.24. The van der Waals surface area contributed by atoms with E-state index in [-0.39, 0.29) is 5.15 Å². The number of azide groups is 1. The first-order valence-electron chi connectivity index (χ1n) is 7.04. The number of hydrogen-bond acceptors (Lipinski definition) is 7. The van der Waals surface area contributed by atoms with Crippen LogP contribution in [0, 0.1) is 0 Å². The SMILES string of the molecule is CN(C(=O)CN(C)S(=O)(=O)CN=[N+]=[N-])c1sc(-c2cccnc2)nc1Cl. The molecule has 0 radical (unpaired) electrons. The van der Waals surface area contributed by atoms with Crippen LogP contribution in [0.5, 0.6) is 0 Å². The number of carbonyl (C=O) groups excluding carboxylic acids is 1. The molecule has 2 aromatic heterocycles. The van der Waals surface area contributed by atoms with E-state index in [0.717, 1.165) is 9.87 Å². The van der Waals surface area contributed by atoms with Gasteiger partial charge in [0.05, 0.1) is 6.54 Å². The van der Waals surface area contributed by atoms with Crippen molar-refractivity contribution in [2.75, 3.05) is 31.4 Å². The molecule has 0 saturated carbocycles. The molecule has 0 unspecified atom stereocenters. The number of anilines is 1. The molecule has 1 amide bonds. The predicted molar refractivity (Wildman–Crippen MR) is 99.3 cm³/mol. The number of halogens is 1. The van der Waals surface area contributed by atoms with Crippen molar-refractivity contribution < 1.29 is 13.2 Å². The summed E-state index contributed by atoms with van der Waals surface area (Å²) in [5.41, 5.74) is 8.98. The number of thiazole rings is 1. The lowest BCUT2D eigenvalue weighted by molar-refractivity contribution is -0.118. The van der Waals surface area contributed by atoms with Crippen molar-refractivity contribution in [1.29, 1.82) is 0 Å². The topological polar surface area (TPSA) is 132 Å². The van der Waals surface area contributed by atoms with E-state index in [1.165, 1.54) is 30.3 Å². The molecule has 13 heteroatoms. The Bertz CT molecular complexity index is 942. The van der Waals surface area contributed by atoms with Gasteiger partial charge in [0, 0.05) is 37.0 Å². The monoisotopic (exact) mass is 415 g/mol. The van der Waals surface area contributed by atoms with Gasteiger partial charge in [-0.15, -0.1) is 0 Å². The van der Waals surface area contributed by atoms with Crippen molar-refractivity contribution in [2.24, 2.45) is 5.11 Å². The fraction of sp³-hybridized carbons (Fsp3) is 0.308. The van der Waals surface area contributed by atoms with Crippen molar-refractivity contribution in [1.82, 2.24) is 14.3 Å². The third kappa shape index (κ3) is 4.68. The van der Waals surface area contributed by atoms with Gasteiger partial charge >= 0.3 is 0 Å². The summed E-state index contributed by atoms with van der Waals surface area (Å²) in [6, 6.07) is 3.56. The average molecular weight is 416 g/mol. The summed E-state index contributed by atoms with van der Waals surface area (Å²) < 4.78 is 24.6. The summed E-state index contributed by atoms with van der Waals surface area (Å²) in [4.78, 5) is 24.3. The van der Waals surface area contributed by atoms with E-state index in [1.807, 2.05) is 6.07 Å². The number of pyridine rings is 1. The van der Waals surface area contributed by atoms with E-state index in [9.17, 15) is 13.2 Å². The van der Waals surface area contributed by atoms with Crippen LogP contribution in [0.25, 0.3) is 21.0 Å². The van der Waals surface area contributed by atoms with Gasteiger partial charge in [-0.1, -0.05) is 28.1 Å². The van der Waals surface area contributed by atoms with Gasteiger partial charge in [0.2, 0.25) is 15.9 Å². The Kier molecular flexibility index (Phi) is 6.51. The molecule has 0 spiro atoms. The fourth-order valence-corrected chi connectivity index (χ4v) is 3.82. The zero-order valence-electron chi connectivity index (χ0n) is 13.8. The highest BCUT2D eigenvalue weighted by molar-refractivity contribution is 7.89. The maximum Gasteiger partial charge on any atom is 0.242 e. The second-order valence-electron chi connectivity index (χ2n) is 5.04. The van der Waals surface area contributed by atoms with Gasteiger partial charge in [0.25, 0.3) is 0 Å². The summed E-state index contributed by atoms with van der Waals surface area (Å²) >= 11 is 7.31. The number of hydrogen-bond donors (Lipinski definition) is 0. The van der Waals surface area contributed by atoms with Gasteiger partial charge in [-0.3, -0.25) is 9.78 Å². The highest BCUT2D eigenvalue weighted by Crippen LogP contribution is 2.36. The van der Waals surface area contributed by atoms with E-state index in [1.54, 1.807) is 18.5 Å². The van der Waals surface area contributed by atoms with Gasteiger partial charge in [0.1, 0.15) is 15.9 Å². The van der Waals surface area contributed by atoms with Gasteiger partial charge in [0.15, 0.2) is 5.15 Å². The first-order chi connectivity index (χ1) is 12.3. The zero-order valence-corrected chi connectivity index (χ0v) is 16.2. The van der Waals surface area contributed by atoms with Crippen LogP contribution >= 0.6 is 22.9 Å². The molecular weight excluding hydrogens is 402 g/mol. The third-order valence-electron chi connectivity index (χ3n) is 3.27. The van der Waals surface area contributed by atoms with Crippen LogP contribution in [0.15, 0.2) is 29.6 Å². The van der Waals surface area contributed by atoms with Crippen LogP contribution in [0.1, 0.15) is 0 Å².